The molecule has 0 N–H and O–H groups in total. The molecule has 0 radical (unpaired) electrons. The molecule has 6 aromatic rings. The first-order valence-corrected chi connectivity index (χ1v) is 17.0. The monoisotopic (exact) mass is 808 g/mol. The molecule has 0 saturated carbocycles. The van der Waals surface area contributed by atoms with Crippen molar-refractivity contribution in [2.75, 3.05) is 0 Å². The van der Waals surface area contributed by atoms with Crippen LogP contribution in [0.2, 0.25) is 0 Å². The Bertz CT molecular complexity index is 2030. The molecule has 3 nitrogen and oxygen atoms in total. The van der Waals surface area contributed by atoms with Crippen LogP contribution >= 0.6 is 0 Å². The number of rotatable bonds is 3. The predicted molar refractivity (Wildman–Crippen MR) is 192 cm³/mol. The molecule has 2 aromatic heterocycles. The molecule has 0 fully saturated rings. The fraction of sp³-hybridized carbons (Fsp3) is 0.318. The van der Waals surface area contributed by atoms with Crippen molar-refractivity contribution in [1.29, 1.82) is 0 Å². The summed E-state index contributed by atoms with van der Waals surface area (Å²) in [5.41, 5.74) is 14.1. The summed E-state index contributed by atoms with van der Waals surface area (Å²) >= 11 is 0. The minimum absolute atomic E-state index is 0. The Kier molecular flexibility index (Phi) is 8.90. The van der Waals surface area contributed by atoms with E-state index in [1.54, 1.807) is 6.20 Å². The summed E-state index contributed by atoms with van der Waals surface area (Å²) in [5.74, 6) is 0.522. The molecule has 0 unspecified atom stereocenters. The second-order valence-corrected chi connectivity index (χ2v) is 15.4. The number of hydrogen-bond acceptors (Lipinski definition) is 1. The molecule has 0 atom stereocenters. The Morgan fingerprint density at radius 1 is 0.750 bits per heavy atom. The quantitative estimate of drug-likeness (QED) is 0.129. The van der Waals surface area contributed by atoms with Crippen LogP contribution in [0.5, 0.6) is 0 Å². The van der Waals surface area contributed by atoms with Crippen LogP contribution in [0.1, 0.15) is 102 Å². The number of hydrogen-bond donors (Lipinski definition) is 0. The number of para-hydroxylation sites is 1. The SMILES string of the molecule is CC(C)c1ccc(-n2[c-][n+]3c4c(cccc42)C(C)(C)c2c-3[c-]cc3c2C(C)(C)CCC3(C)C)cc1.[Ir+3].[c-]1ccccc1-c1ccccn1. The molecule has 0 amide bonds. The summed E-state index contributed by atoms with van der Waals surface area (Å²) < 4.78 is 4.52. The van der Waals surface area contributed by atoms with Crippen LogP contribution in [0.3, 0.4) is 0 Å². The van der Waals surface area contributed by atoms with Crippen LogP contribution in [-0.4, -0.2) is 9.55 Å². The van der Waals surface area contributed by atoms with Gasteiger partial charge < -0.3 is 9.55 Å². The van der Waals surface area contributed by atoms with Crippen molar-refractivity contribution in [2.45, 2.75) is 90.4 Å². The summed E-state index contributed by atoms with van der Waals surface area (Å²) in [6.45, 7) is 19.0. The zero-order valence-corrected chi connectivity index (χ0v) is 31.8. The van der Waals surface area contributed by atoms with Gasteiger partial charge in [0.2, 0.25) is 0 Å². The van der Waals surface area contributed by atoms with Crippen molar-refractivity contribution >= 4 is 11.0 Å². The van der Waals surface area contributed by atoms with Crippen molar-refractivity contribution in [3.05, 3.63) is 143 Å². The zero-order chi connectivity index (χ0) is 33.1. The molecule has 0 saturated heterocycles. The average molecular weight is 808 g/mol. The maximum atomic E-state index is 4.22. The van der Waals surface area contributed by atoms with Crippen LogP contribution in [0.4, 0.5) is 0 Å². The first-order valence-electron chi connectivity index (χ1n) is 17.0. The van der Waals surface area contributed by atoms with Gasteiger partial charge in [0.15, 0.2) is 0 Å². The second kappa shape index (κ2) is 12.6. The normalized spacial score (nSPS) is 16.3. The summed E-state index contributed by atoms with van der Waals surface area (Å²) in [4.78, 5) is 4.22. The summed E-state index contributed by atoms with van der Waals surface area (Å²) in [5, 5.41) is 0. The Labute approximate surface area is 300 Å². The molecule has 48 heavy (non-hydrogen) atoms. The van der Waals surface area contributed by atoms with E-state index in [-0.39, 0.29) is 36.4 Å². The van der Waals surface area contributed by atoms with Crippen molar-refractivity contribution in [2.24, 2.45) is 0 Å². The number of pyridine rings is 1. The van der Waals surface area contributed by atoms with Crippen molar-refractivity contribution in [3.8, 4) is 22.6 Å². The molecule has 244 valence electrons. The summed E-state index contributed by atoms with van der Waals surface area (Å²) in [6, 6.07) is 38.6. The van der Waals surface area contributed by atoms with E-state index >= 15 is 0 Å². The third-order valence-corrected chi connectivity index (χ3v) is 10.6. The molecular formula is C44H45IrN3+. The topological polar surface area (TPSA) is 21.7 Å². The molecule has 0 bridgehead atoms. The summed E-state index contributed by atoms with van der Waals surface area (Å²) in [6.07, 6.45) is 7.95. The van der Waals surface area contributed by atoms with Gasteiger partial charge >= 0.3 is 20.1 Å². The fourth-order valence-corrected chi connectivity index (χ4v) is 7.68. The first-order chi connectivity index (χ1) is 22.4. The Morgan fingerprint density at radius 3 is 2.15 bits per heavy atom. The van der Waals surface area contributed by atoms with Crippen LogP contribution in [0.25, 0.3) is 33.7 Å². The van der Waals surface area contributed by atoms with Gasteiger partial charge in [0.1, 0.15) is 0 Å². The second-order valence-electron chi connectivity index (χ2n) is 15.4. The largest absolute Gasteiger partial charge is 3.00 e. The van der Waals surface area contributed by atoms with E-state index in [9.17, 15) is 0 Å². The number of nitrogens with zero attached hydrogens (tertiary/aromatic N) is 3. The fourth-order valence-electron chi connectivity index (χ4n) is 7.68. The Morgan fingerprint density at radius 2 is 1.48 bits per heavy atom. The molecule has 0 spiro atoms. The summed E-state index contributed by atoms with van der Waals surface area (Å²) in [7, 11) is 0. The van der Waals surface area contributed by atoms with Crippen molar-refractivity contribution < 1.29 is 24.7 Å². The minimum Gasteiger partial charge on any atom is -0.314 e. The van der Waals surface area contributed by atoms with Gasteiger partial charge in [-0.3, -0.25) is 4.57 Å². The van der Waals surface area contributed by atoms with Crippen LogP contribution in [-0.2, 0) is 36.4 Å². The van der Waals surface area contributed by atoms with Crippen molar-refractivity contribution in [3.63, 3.8) is 0 Å². The van der Waals surface area contributed by atoms with Crippen LogP contribution < -0.4 is 4.57 Å². The maximum Gasteiger partial charge on any atom is 3.00 e. The van der Waals surface area contributed by atoms with E-state index < -0.39 is 0 Å². The standard InChI is InChI=1S/C33H37N2.C11H8N.Ir/c1-21(2)22-12-14-23(15-13-22)34-20-35-26-17-16-24-28(32(5,6)19-18-31(24,3)4)29(26)33(7,8)25-10-9-11-27(34)30(25)35;1-2-6-10(7-3-1)11-8-4-5-9-12-11;/h9-16,21H,18-19H2,1-8H3;1-6,8-9H;/q2*-1;+3. The average Bonchev–Trinajstić information content (AvgIpc) is 3.47. The number of fused-ring (bicyclic) bond motifs is 4. The maximum absolute atomic E-state index is 4.22. The first kappa shape index (κ1) is 34.0. The van der Waals surface area contributed by atoms with Gasteiger partial charge in [-0.25, -0.2) is 0 Å². The van der Waals surface area contributed by atoms with Gasteiger partial charge in [-0.05, 0) is 63.9 Å². The van der Waals surface area contributed by atoms with E-state index in [4.69, 9.17) is 0 Å². The van der Waals surface area contributed by atoms with Gasteiger partial charge in [0.25, 0.3) is 6.33 Å². The molecule has 3 heterocycles. The third-order valence-electron chi connectivity index (χ3n) is 10.6. The Balaban J connectivity index is 0.000000260. The van der Waals surface area contributed by atoms with Gasteiger partial charge in [0, 0.05) is 6.20 Å². The zero-order valence-electron chi connectivity index (χ0n) is 29.4. The predicted octanol–water partition coefficient (Wildman–Crippen LogP) is 10.2. The number of benzene rings is 4. The molecule has 4 heteroatoms. The van der Waals surface area contributed by atoms with Crippen LogP contribution in [0.15, 0.2) is 97.2 Å². The molecule has 1 aliphatic carbocycles. The van der Waals surface area contributed by atoms with Crippen LogP contribution in [0, 0.1) is 18.5 Å². The number of imidazole rings is 1. The van der Waals surface area contributed by atoms with Gasteiger partial charge in [-0.1, -0.05) is 110 Å². The van der Waals surface area contributed by atoms with E-state index in [2.05, 4.69) is 136 Å². The molecule has 2 aliphatic rings. The smallest absolute Gasteiger partial charge is 0.314 e. The molecule has 4 aromatic carbocycles. The molecular weight excluding hydrogens is 763 g/mol. The Hall–Kier alpha value is -3.85. The van der Waals surface area contributed by atoms with E-state index in [0.717, 1.165) is 16.9 Å². The van der Waals surface area contributed by atoms with Crippen molar-refractivity contribution in [1.82, 2.24) is 9.55 Å². The number of aromatic nitrogens is 3. The van der Waals surface area contributed by atoms with E-state index in [0.29, 0.717) is 5.92 Å². The minimum atomic E-state index is -0.122. The third kappa shape index (κ3) is 5.67. The molecule has 1 aliphatic heterocycles. The van der Waals surface area contributed by atoms with Gasteiger partial charge in [-0.2, -0.15) is 12.1 Å². The molecule has 8 rings (SSSR count). The van der Waals surface area contributed by atoms with E-state index in [1.807, 2.05) is 42.5 Å². The van der Waals surface area contributed by atoms with Gasteiger partial charge in [-0.15, -0.1) is 52.6 Å². The van der Waals surface area contributed by atoms with Gasteiger partial charge in [0.05, 0.1) is 16.7 Å². The van der Waals surface area contributed by atoms with E-state index in [1.165, 1.54) is 57.4 Å².